The number of hydrogen-bond donors (Lipinski definition) is 1. The highest BCUT2D eigenvalue weighted by Gasteiger charge is 2.10. The molecular weight excluding hydrogens is 266 g/mol. The van der Waals surface area contributed by atoms with Crippen molar-refractivity contribution < 1.29 is 9.84 Å². The highest BCUT2D eigenvalue weighted by molar-refractivity contribution is 5.42. The summed E-state index contributed by atoms with van der Waals surface area (Å²) in [6.07, 6.45) is 0.495. The predicted molar refractivity (Wildman–Crippen MR) is 83.3 cm³/mol. The minimum Gasteiger partial charge on any atom is -0.489 e. The van der Waals surface area contributed by atoms with Crippen LogP contribution in [0.5, 0.6) is 5.75 Å². The molecule has 1 aromatic carbocycles. The number of nitriles is 1. The van der Waals surface area contributed by atoms with Crippen LogP contribution < -0.4 is 4.74 Å². The van der Waals surface area contributed by atoms with Crippen LogP contribution in [-0.4, -0.2) is 68.4 Å². The van der Waals surface area contributed by atoms with Crippen LogP contribution in [0.15, 0.2) is 24.3 Å². The Labute approximate surface area is 127 Å². The number of likely N-dealkylation sites (N-methyl/N-ethyl adjacent to an activating group) is 1. The molecule has 0 fully saturated rings. The number of nitrogens with zero attached hydrogens (tertiary/aromatic N) is 3. The molecular formula is C16H25N3O2. The zero-order valence-corrected chi connectivity index (χ0v) is 13.1. The number of aliphatic hydroxyl groups is 1. The summed E-state index contributed by atoms with van der Waals surface area (Å²) in [5, 5.41) is 19.0. The van der Waals surface area contributed by atoms with E-state index in [-0.39, 0.29) is 6.61 Å². The third-order valence-electron chi connectivity index (χ3n) is 3.11. The van der Waals surface area contributed by atoms with E-state index in [1.54, 1.807) is 18.2 Å². The second-order valence-corrected chi connectivity index (χ2v) is 5.49. The molecule has 0 spiro atoms. The normalized spacial score (nSPS) is 12.4. The number of aliphatic hydroxyl groups excluding tert-OH is 1. The van der Waals surface area contributed by atoms with Crippen molar-refractivity contribution in [2.24, 2.45) is 0 Å². The van der Waals surface area contributed by atoms with Crippen molar-refractivity contribution in [1.82, 2.24) is 9.80 Å². The van der Waals surface area contributed by atoms with Gasteiger partial charge in [0.1, 0.15) is 24.5 Å². The Balaban J connectivity index is 2.30. The van der Waals surface area contributed by atoms with Crippen LogP contribution in [0.1, 0.15) is 12.0 Å². The summed E-state index contributed by atoms with van der Waals surface area (Å²) in [4.78, 5) is 4.24. The number of hydrogen-bond acceptors (Lipinski definition) is 5. The van der Waals surface area contributed by atoms with Gasteiger partial charge in [0.2, 0.25) is 0 Å². The summed E-state index contributed by atoms with van der Waals surface area (Å²) < 4.78 is 5.53. The summed E-state index contributed by atoms with van der Waals surface area (Å²) in [5.74, 6) is 0.523. The quantitative estimate of drug-likeness (QED) is 0.740. The second kappa shape index (κ2) is 9.35. The van der Waals surface area contributed by atoms with Gasteiger partial charge in [-0.25, -0.2) is 0 Å². The van der Waals surface area contributed by atoms with Crippen molar-refractivity contribution in [3.63, 3.8) is 0 Å². The van der Waals surface area contributed by atoms with Crippen LogP contribution in [0.3, 0.4) is 0 Å². The predicted octanol–water partition coefficient (Wildman–Crippen LogP) is 1.18. The number of benzene rings is 1. The lowest BCUT2D eigenvalue weighted by Gasteiger charge is -2.21. The van der Waals surface area contributed by atoms with Gasteiger partial charge in [0.25, 0.3) is 0 Å². The lowest BCUT2D eigenvalue weighted by atomic mass is 10.2. The van der Waals surface area contributed by atoms with Crippen molar-refractivity contribution in [3.8, 4) is 11.8 Å². The van der Waals surface area contributed by atoms with Crippen molar-refractivity contribution in [2.45, 2.75) is 12.5 Å². The van der Waals surface area contributed by atoms with Gasteiger partial charge in [-0.1, -0.05) is 12.1 Å². The van der Waals surface area contributed by atoms with E-state index in [9.17, 15) is 5.11 Å². The van der Waals surface area contributed by atoms with Crippen LogP contribution in [0.25, 0.3) is 0 Å². The minimum absolute atomic E-state index is 0.191. The summed E-state index contributed by atoms with van der Waals surface area (Å²) in [6, 6.07) is 9.13. The molecule has 5 heteroatoms. The molecule has 1 rings (SSSR count). The first-order valence-electron chi connectivity index (χ1n) is 7.16. The van der Waals surface area contributed by atoms with Crippen LogP contribution in [0.4, 0.5) is 0 Å². The van der Waals surface area contributed by atoms with Gasteiger partial charge in [-0.2, -0.15) is 5.26 Å². The van der Waals surface area contributed by atoms with E-state index in [2.05, 4.69) is 30.0 Å². The Morgan fingerprint density at radius 2 is 1.95 bits per heavy atom. The van der Waals surface area contributed by atoms with E-state index in [1.165, 1.54) is 0 Å². The molecule has 0 amide bonds. The van der Waals surface area contributed by atoms with E-state index >= 15 is 0 Å². The largest absolute Gasteiger partial charge is 0.489 e. The van der Waals surface area contributed by atoms with Crippen molar-refractivity contribution in [2.75, 3.05) is 47.4 Å². The Hall–Kier alpha value is -1.61. The number of ether oxygens (including phenoxy) is 1. The van der Waals surface area contributed by atoms with Crippen molar-refractivity contribution in [3.05, 3.63) is 29.8 Å². The maximum absolute atomic E-state index is 9.99. The third kappa shape index (κ3) is 7.09. The highest BCUT2D eigenvalue weighted by atomic mass is 16.5. The molecule has 0 heterocycles. The molecule has 1 aromatic rings. The summed E-state index contributed by atoms with van der Waals surface area (Å²) in [7, 11) is 6.09. The third-order valence-corrected chi connectivity index (χ3v) is 3.11. The van der Waals surface area contributed by atoms with Gasteiger partial charge in [-0.3, -0.25) is 0 Å². The number of para-hydroxylation sites is 1. The molecule has 5 nitrogen and oxygen atoms in total. The van der Waals surface area contributed by atoms with E-state index in [4.69, 9.17) is 10.00 Å². The van der Waals surface area contributed by atoms with Gasteiger partial charge in [0.05, 0.1) is 5.56 Å². The molecule has 0 aliphatic carbocycles. The Morgan fingerprint density at radius 3 is 2.62 bits per heavy atom. The first-order valence-corrected chi connectivity index (χ1v) is 7.16. The number of rotatable bonds is 9. The lowest BCUT2D eigenvalue weighted by Crippen LogP contribution is -2.34. The Kier molecular flexibility index (Phi) is 7.76. The van der Waals surface area contributed by atoms with E-state index in [0.29, 0.717) is 17.9 Å². The molecule has 0 saturated carbocycles. The molecule has 0 saturated heterocycles. The summed E-state index contributed by atoms with van der Waals surface area (Å²) in [5.41, 5.74) is 0.490. The molecule has 21 heavy (non-hydrogen) atoms. The van der Waals surface area contributed by atoms with E-state index < -0.39 is 6.10 Å². The minimum atomic E-state index is -0.568. The van der Waals surface area contributed by atoms with Crippen LogP contribution in [0, 0.1) is 11.3 Å². The second-order valence-electron chi connectivity index (χ2n) is 5.49. The SMILES string of the molecule is CN(C)CCCN(C)CC(O)COc1ccccc1C#N. The fourth-order valence-electron chi connectivity index (χ4n) is 2.03. The molecule has 116 valence electrons. The molecule has 1 N–H and O–H groups in total. The maximum atomic E-state index is 9.99. The molecule has 1 atom stereocenters. The van der Waals surface area contributed by atoms with Crippen molar-refractivity contribution >= 4 is 0 Å². The summed E-state index contributed by atoms with van der Waals surface area (Å²) in [6.45, 7) is 2.72. The average molecular weight is 291 g/mol. The fourth-order valence-corrected chi connectivity index (χ4v) is 2.03. The van der Waals surface area contributed by atoms with Crippen LogP contribution >= 0.6 is 0 Å². The molecule has 0 radical (unpaired) electrons. The fraction of sp³-hybridized carbons (Fsp3) is 0.562. The van der Waals surface area contributed by atoms with E-state index in [0.717, 1.165) is 19.5 Å². The van der Waals surface area contributed by atoms with Crippen molar-refractivity contribution in [1.29, 1.82) is 5.26 Å². The van der Waals surface area contributed by atoms with Gasteiger partial charge >= 0.3 is 0 Å². The standard InChI is InChI=1S/C16H25N3O2/c1-18(2)9-6-10-19(3)12-15(20)13-21-16-8-5-4-7-14(16)11-17/h4-5,7-8,15,20H,6,9-10,12-13H2,1-3H3. The monoisotopic (exact) mass is 291 g/mol. The smallest absolute Gasteiger partial charge is 0.137 e. The van der Waals surface area contributed by atoms with Crippen LogP contribution in [-0.2, 0) is 0 Å². The first-order chi connectivity index (χ1) is 10.0. The zero-order valence-electron chi connectivity index (χ0n) is 13.1. The molecule has 0 aliphatic heterocycles. The Morgan fingerprint density at radius 1 is 1.24 bits per heavy atom. The van der Waals surface area contributed by atoms with Gasteiger partial charge in [0.15, 0.2) is 0 Å². The topological polar surface area (TPSA) is 59.7 Å². The molecule has 0 bridgehead atoms. The summed E-state index contributed by atoms with van der Waals surface area (Å²) >= 11 is 0. The van der Waals surface area contributed by atoms with Gasteiger partial charge in [0, 0.05) is 6.54 Å². The van der Waals surface area contributed by atoms with E-state index in [1.807, 2.05) is 13.1 Å². The maximum Gasteiger partial charge on any atom is 0.137 e. The molecule has 0 aliphatic rings. The zero-order chi connectivity index (χ0) is 15.7. The lowest BCUT2D eigenvalue weighted by molar-refractivity contribution is 0.0754. The molecule has 1 unspecified atom stereocenters. The van der Waals surface area contributed by atoms with Crippen LogP contribution in [0.2, 0.25) is 0 Å². The highest BCUT2D eigenvalue weighted by Crippen LogP contribution is 2.16. The molecule has 0 aromatic heterocycles. The van der Waals surface area contributed by atoms with Gasteiger partial charge in [-0.05, 0) is 52.8 Å². The average Bonchev–Trinajstić information content (AvgIpc) is 2.45. The van der Waals surface area contributed by atoms with Gasteiger partial charge in [-0.15, -0.1) is 0 Å². The van der Waals surface area contributed by atoms with Gasteiger partial charge < -0.3 is 19.6 Å². The first kappa shape index (κ1) is 17.4. The Bertz CT molecular complexity index is 457.